The van der Waals surface area contributed by atoms with Crippen LogP contribution in [-0.2, 0) is 6.18 Å². The van der Waals surface area contributed by atoms with Gasteiger partial charge in [0.2, 0.25) is 5.01 Å². The lowest BCUT2D eigenvalue weighted by Crippen LogP contribution is -2.35. The van der Waals surface area contributed by atoms with E-state index in [1.807, 2.05) is 0 Å². The molecule has 7 nitrogen and oxygen atoms in total. The molecule has 3 amide bonds. The van der Waals surface area contributed by atoms with E-state index < -0.39 is 35.5 Å². The molecular weight excluding hydrogens is 462 g/mol. The number of para-hydroxylation sites is 1. The van der Waals surface area contributed by atoms with Crippen LogP contribution in [0.4, 0.5) is 33.7 Å². The van der Waals surface area contributed by atoms with Gasteiger partial charge in [0.15, 0.2) is 0 Å². The highest BCUT2D eigenvalue weighted by Gasteiger charge is 2.36. The SMILES string of the molecule is O=C(Nc1cccc(F)c1)c1nnc([C@H]2CCCN2C(=O)Nc2ccccc2C(F)(F)F)s1. The van der Waals surface area contributed by atoms with E-state index >= 15 is 0 Å². The Morgan fingerprint density at radius 3 is 2.61 bits per heavy atom. The summed E-state index contributed by atoms with van der Waals surface area (Å²) >= 11 is 0.967. The maximum Gasteiger partial charge on any atom is 0.418 e. The van der Waals surface area contributed by atoms with Gasteiger partial charge in [-0.2, -0.15) is 13.2 Å². The average Bonchev–Trinajstić information content (AvgIpc) is 3.43. The number of anilines is 2. The molecular formula is C21H17F4N5O2S. The molecule has 0 radical (unpaired) electrons. The van der Waals surface area contributed by atoms with Crippen molar-refractivity contribution >= 4 is 34.6 Å². The molecule has 1 saturated heterocycles. The molecule has 1 atom stereocenters. The molecule has 2 heterocycles. The number of likely N-dealkylation sites (tertiary alicyclic amines) is 1. The lowest BCUT2D eigenvalue weighted by Gasteiger charge is -2.24. The quantitative estimate of drug-likeness (QED) is 0.496. The summed E-state index contributed by atoms with van der Waals surface area (Å²) in [5, 5.41) is 13.1. The first kappa shape index (κ1) is 22.6. The molecule has 3 aromatic rings. The van der Waals surface area contributed by atoms with Gasteiger partial charge < -0.3 is 15.5 Å². The van der Waals surface area contributed by atoms with Crippen molar-refractivity contribution in [2.75, 3.05) is 17.2 Å². The Morgan fingerprint density at radius 1 is 1.06 bits per heavy atom. The van der Waals surface area contributed by atoms with E-state index in [4.69, 9.17) is 0 Å². The van der Waals surface area contributed by atoms with E-state index in [-0.39, 0.29) is 16.4 Å². The van der Waals surface area contributed by atoms with Crippen molar-refractivity contribution in [3.05, 3.63) is 69.9 Å². The lowest BCUT2D eigenvalue weighted by atomic mass is 10.1. The first-order chi connectivity index (χ1) is 15.7. The van der Waals surface area contributed by atoms with Gasteiger partial charge >= 0.3 is 12.2 Å². The zero-order valence-corrected chi connectivity index (χ0v) is 17.7. The molecule has 172 valence electrons. The van der Waals surface area contributed by atoms with Crippen LogP contribution in [0.3, 0.4) is 0 Å². The fraction of sp³-hybridized carbons (Fsp3) is 0.238. The van der Waals surface area contributed by atoms with E-state index in [1.54, 1.807) is 0 Å². The normalized spacial score (nSPS) is 16.0. The number of carbonyl (C=O) groups is 2. The molecule has 0 spiro atoms. The molecule has 4 rings (SSSR count). The number of rotatable bonds is 4. The lowest BCUT2D eigenvalue weighted by molar-refractivity contribution is -0.136. The Hall–Kier alpha value is -3.54. The zero-order chi connectivity index (χ0) is 23.6. The number of halogens is 4. The number of alkyl halides is 3. The number of amides is 3. The largest absolute Gasteiger partial charge is 0.418 e. The van der Waals surface area contributed by atoms with Crippen LogP contribution in [0.25, 0.3) is 0 Å². The molecule has 0 aliphatic carbocycles. The molecule has 0 unspecified atom stereocenters. The number of aromatic nitrogens is 2. The van der Waals surface area contributed by atoms with Crippen LogP contribution in [0.15, 0.2) is 48.5 Å². The summed E-state index contributed by atoms with van der Waals surface area (Å²) in [6.45, 7) is 0.315. The maximum absolute atomic E-state index is 13.3. The van der Waals surface area contributed by atoms with Crippen LogP contribution in [0.2, 0.25) is 0 Å². The topological polar surface area (TPSA) is 87.2 Å². The van der Waals surface area contributed by atoms with Crippen LogP contribution < -0.4 is 10.6 Å². The minimum atomic E-state index is -4.61. The Morgan fingerprint density at radius 2 is 1.85 bits per heavy atom. The third-order valence-corrected chi connectivity index (χ3v) is 6.01. The standard InChI is InChI=1S/C21H17F4N5O2S/c22-12-5-3-6-13(11-12)26-17(31)19-29-28-18(33-19)16-9-4-10-30(16)20(32)27-15-8-2-1-7-14(15)21(23,24)25/h1-3,5-8,11,16H,4,9-10H2,(H,26,31)(H,27,32)/t16-/m1/s1. The van der Waals surface area contributed by atoms with Crippen LogP contribution in [0, 0.1) is 5.82 Å². The summed E-state index contributed by atoms with van der Waals surface area (Å²) in [6, 6.07) is 8.86. The van der Waals surface area contributed by atoms with Gasteiger partial charge in [0.1, 0.15) is 10.8 Å². The van der Waals surface area contributed by atoms with Gasteiger partial charge in [0.25, 0.3) is 5.91 Å². The Kier molecular flexibility index (Phi) is 6.27. The number of carbonyl (C=O) groups excluding carboxylic acids is 2. The van der Waals surface area contributed by atoms with Gasteiger partial charge in [-0.25, -0.2) is 9.18 Å². The summed E-state index contributed by atoms with van der Waals surface area (Å²) in [6.07, 6.45) is -3.48. The number of nitrogens with one attached hydrogen (secondary N) is 2. The minimum absolute atomic E-state index is 0.0175. The highest BCUT2D eigenvalue weighted by Crippen LogP contribution is 2.37. The maximum atomic E-state index is 13.3. The first-order valence-corrected chi connectivity index (χ1v) is 10.7. The molecule has 0 bridgehead atoms. The second-order valence-corrected chi connectivity index (χ2v) is 8.24. The number of hydrogen-bond donors (Lipinski definition) is 2. The third-order valence-electron chi connectivity index (χ3n) is 4.99. The molecule has 33 heavy (non-hydrogen) atoms. The molecule has 1 fully saturated rings. The highest BCUT2D eigenvalue weighted by molar-refractivity contribution is 7.13. The molecule has 1 aliphatic rings. The third kappa shape index (κ3) is 5.11. The Bertz CT molecular complexity index is 1180. The van der Waals surface area contributed by atoms with Crippen LogP contribution >= 0.6 is 11.3 Å². The van der Waals surface area contributed by atoms with Crippen LogP contribution in [0.5, 0.6) is 0 Å². The van der Waals surface area contributed by atoms with E-state index in [2.05, 4.69) is 20.8 Å². The second kappa shape index (κ2) is 9.14. The van der Waals surface area contributed by atoms with Crippen molar-refractivity contribution in [2.24, 2.45) is 0 Å². The van der Waals surface area contributed by atoms with Gasteiger partial charge in [-0.3, -0.25) is 4.79 Å². The second-order valence-electron chi connectivity index (χ2n) is 7.23. The fourth-order valence-corrected chi connectivity index (χ4v) is 4.39. The number of nitrogens with zero attached hydrogens (tertiary/aromatic N) is 3. The van der Waals surface area contributed by atoms with Gasteiger partial charge in [-0.15, -0.1) is 10.2 Å². The van der Waals surface area contributed by atoms with Gasteiger partial charge in [0, 0.05) is 12.2 Å². The van der Waals surface area contributed by atoms with E-state index in [9.17, 15) is 27.2 Å². The molecule has 1 aromatic heterocycles. The monoisotopic (exact) mass is 479 g/mol. The smallest absolute Gasteiger partial charge is 0.320 e. The molecule has 2 aromatic carbocycles. The van der Waals surface area contributed by atoms with Gasteiger partial charge in [-0.05, 0) is 43.2 Å². The Balaban J connectivity index is 1.47. The zero-order valence-electron chi connectivity index (χ0n) is 16.9. The molecule has 12 heteroatoms. The van der Waals surface area contributed by atoms with Gasteiger partial charge in [0.05, 0.1) is 17.3 Å². The van der Waals surface area contributed by atoms with Crippen molar-refractivity contribution in [3.63, 3.8) is 0 Å². The molecule has 1 aliphatic heterocycles. The summed E-state index contributed by atoms with van der Waals surface area (Å²) in [4.78, 5) is 26.6. The summed E-state index contributed by atoms with van der Waals surface area (Å²) in [5.41, 5.74) is -1.03. The highest BCUT2D eigenvalue weighted by atomic mass is 32.1. The van der Waals surface area contributed by atoms with Crippen molar-refractivity contribution < 1.29 is 27.2 Å². The minimum Gasteiger partial charge on any atom is -0.320 e. The average molecular weight is 479 g/mol. The summed E-state index contributed by atoms with van der Waals surface area (Å²) < 4.78 is 53.0. The van der Waals surface area contributed by atoms with Crippen LogP contribution in [-0.4, -0.2) is 33.6 Å². The van der Waals surface area contributed by atoms with Crippen molar-refractivity contribution in [3.8, 4) is 0 Å². The van der Waals surface area contributed by atoms with E-state index in [0.29, 0.717) is 24.4 Å². The van der Waals surface area contributed by atoms with Crippen molar-refractivity contribution in [1.82, 2.24) is 15.1 Å². The predicted octanol–water partition coefficient (Wildman–Crippen LogP) is 5.32. The van der Waals surface area contributed by atoms with Crippen LogP contribution in [0.1, 0.15) is 39.3 Å². The summed E-state index contributed by atoms with van der Waals surface area (Å²) in [7, 11) is 0. The number of benzene rings is 2. The molecule has 2 N–H and O–H groups in total. The number of hydrogen-bond acceptors (Lipinski definition) is 5. The van der Waals surface area contributed by atoms with Crippen molar-refractivity contribution in [1.29, 1.82) is 0 Å². The first-order valence-electron chi connectivity index (χ1n) is 9.86. The van der Waals surface area contributed by atoms with E-state index in [0.717, 1.165) is 23.5 Å². The van der Waals surface area contributed by atoms with Crippen molar-refractivity contribution in [2.45, 2.75) is 25.1 Å². The summed E-state index contributed by atoms with van der Waals surface area (Å²) in [5.74, 6) is -1.09. The Labute approximate surface area is 189 Å². The molecule has 0 saturated carbocycles. The van der Waals surface area contributed by atoms with Gasteiger partial charge in [-0.1, -0.05) is 29.5 Å². The fourth-order valence-electron chi connectivity index (χ4n) is 3.50. The van der Waals surface area contributed by atoms with E-state index in [1.165, 1.54) is 41.3 Å². The number of urea groups is 1. The predicted molar refractivity (Wildman–Crippen MR) is 113 cm³/mol.